The molecule has 1 saturated carbocycles. The van der Waals surface area contributed by atoms with Crippen LogP contribution in [-0.2, 0) is 9.53 Å². The van der Waals surface area contributed by atoms with E-state index in [9.17, 15) is 4.79 Å². The highest BCUT2D eigenvalue weighted by Crippen LogP contribution is 2.22. The molecule has 4 nitrogen and oxygen atoms in total. The average molecular weight is 242 g/mol. The van der Waals surface area contributed by atoms with Crippen LogP contribution in [0.4, 0.5) is 0 Å². The van der Waals surface area contributed by atoms with Gasteiger partial charge in [-0.05, 0) is 39.5 Å². The van der Waals surface area contributed by atoms with Gasteiger partial charge >= 0.3 is 0 Å². The summed E-state index contributed by atoms with van der Waals surface area (Å²) in [5.74, 6) is 0.0931. The Hall–Kier alpha value is -0.610. The van der Waals surface area contributed by atoms with Gasteiger partial charge in [-0.1, -0.05) is 0 Å². The Kier molecular flexibility index (Phi) is 5.40. The van der Waals surface area contributed by atoms with E-state index in [1.165, 1.54) is 0 Å². The predicted octanol–water partition coefficient (Wildman–Crippen LogP) is 1.31. The van der Waals surface area contributed by atoms with Crippen LogP contribution in [0.2, 0.25) is 0 Å². The van der Waals surface area contributed by atoms with Crippen molar-refractivity contribution in [1.29, 1.82) is 0 Å². The number of rotatable bonds is 5. The van der Waals surface area contributed by atoms with Crippen LogP contribution in [0.3, 0.4) is 0 Å². The maximum absolute atomic E-state index is 11.6. The lowest BCUT2D eigenvalue weighted by Crippen LogP contribution is -2.46. The zero-order valence-corrected chi connectivity index (χ0v) is 11.5. The molecule has 1 aliphatic rings. The summed E-state index contributed by atoms with van der Waals surface area (Å²) in [5, 5.41) is 6.22. The van der Waals surface area contributed by atoms with Crippen LogP contribution < -0.4 is 10.6 Å². The first kappa shape index (κ1) is 14.5. The van der Waals surface area contributed by atoms with E-state index in [2.05, 4.69) is 10.6 Å². The Labute approximate surface area is 104 Å². The summed E-state index contributed by atoms with van der Waals surface area (Å²) in [7, 11) is 3.47. The van der Waals surface area contributed by atoms with Gasteiger partial charge < -0.3 is 15.4 Å². The van der Waals surface area contributed by atoms with E-state index in [4.69, 9.17) is 4.74 Å². The highest BCUT2D eigenvalue weighted by molar-refractivity contribution is 5.81. The monoisotopic (exact) mass is 242 g/mol. The van der Waals surface area contributed by atoms with Gasteiger partial charge in [-0.2, -0.15) is 0 Å². The molecule has 0 spiro atoms. The minimum atomic E-state index is -0.340. The number of amides is 1. The lowest BCUT2D eigenvalue weighted by molar-refractivity contribution is -0.128. The predicted molar refractivity (Wildman–Crippen MR) is 68.9 cm³/mol. The van der Waals surface area contributed by atoms with E-state index in [-0.39, 0.29) is 11.3 Å². The van der Waals surface area contributed by atoms with Crippen molar-refractivity contribution in [3.8, 4) is 0 Å². The van der Waals surface area contributed by atoms with E-state index < -0.39 is 0 Å². The molecule has 0 saturated heterocycles. The first-order chi connectivity index (χ1) is 7.99. The zero-order chi connectivity index (χ0) is 12.9. The van der Waals surface area contributed by atoms with Crippen LogP contribution in [0, 0.1) is 5.41 Å². The van der Waals surface area contributed by atoms with Crippen molar-refractivity contribution in [3.05, 3.63) is 0 Å². The maximum atomic E-state index is 11.6. The Morgan fingerprint density at radius 2 is 1.88 bits per heavy atom. The zero-order valence-electron chi connectivity index (χ0n) is 11.5. The van der Waals surface area contributed by atoms with Gasteiger partial charge in [-0.15, -0.1) is 0 Å². The van der Waals surface area contributed by atoms with Crippen LogP contribution in [0.1, 0.15) is 39.5 Å². The second kappa shape index (κ2) is 6.36. The molecular weight excluding hydrogens is 216 g/mol. The van der Waals surface area contributed by atoms with Crippen molar-refractivity contribution in [2.24, 2.45) is 5.41 Å². The van der Waals surface area contributed by atoms with Gasteiger partial charge in [0.1, 0.15) is 0 Å². The number of nitrogens with one attached hydrogen (secondary N) is 2. The number of hydrogen-bond donors (Lipinski definition) is 2. The van der Waals surface area contributed by atoms with Gasteiger partial charge in [0.2, 0.25) is 5.91 Å². The Morgan fingerprint density at radius 1 is 1.29 bits per heavy atom. The molecule has 0 atom stereocenters. The van der Waals surface area contributed by atoms with E-state index in [0.29, 0.717) is 12.1 Å². The quantitative estimate of drug-likeness (QED) is 0.764. The van der Waals surface area contributed by atoms with Gasteiger partial charge in [0, 0.05) is 26.7 Å². The standard InChI is InChI=1S/C13H26N2O2/c1-13(2,12(16)14-3)9-15-10-5-7-11(17-4)8-6-10/h10-11,15H,5-9H2,1-4H3,(H,14,16). The van der Waals surface area contributed by atoms with Gasteiger partial charge in [-0.3, -0.25) is 4.79 Å². The molecule has 0 aromatic rings. The van der Waals surface area contributed by atoms with Crippen LogP contribution in [-0.4, -0.2) is 38.8 Å². The minimum Gasteiger partial charge on any atom is -0.381 e. The molecule has 100 valence electrons. The lowest BCUT2D eigenvalue weighted by atomic mass is 9.89. The molecule has 0 radical (unpaired) electrons. The molecule has 1 amide bonds. The van der Waals surface area contributed by atoms with Crippen LogP contribution >= 0.6 is 0 Å². The van der Waals surface area contributed by atoms with E-state index in [0.717, 1.165) is 32.2 Å². The molecule has 0 heterocycles. The van der Waals surface area contributed by atoms with E-state index in [1.54, 1.807) is 14.2 Å². The topological polar surface area (TPSA) is 50.4 Å². The molecule has 0 bridgehead atoms. The number of hydrogen-bond acceptors (Lipinski definition) is 3. The Bertz CT molecular complexity index is 246. The third kappa shape index (κ3) is 4.28. The normalized spacial score (nSPS) is 25.6. The largest absolute Gasteiger partial charge is 0.381 e. The smallest absolute Gasteiger partial charge is 0.226 e. The Balaban J connectivity index is 2.30. The first-order valence-electron chi connectivity index (χ1n) is 6.48. The van der Waals surface area contributed by atoms with Crippen molar-refractivity contribution >= 4 is 5.91 Å². The van der Waals surface area contributed by atoms with Gasteiger partial charge in [0.25, 0.3) is 0 Å². The molecule has 2 N–H and O–H groups in total. The molecular formula is C13H26N2O2. The molecule has 17 heavy (non-hydrogen) atoms. The van der Waals surface area contributed by atoms with Crippen molar-refractivity contribution in [2.75, 3.05) is 20.7 Å². The number of methoxy groups -OCH3 is 1. The fraction of sp³-hybridized carbons (Fsp3) is 0.923. The molecule has 1 aliphatic carbocycles. The summed E-state index contributed by atoms with van der Waals surface area (Å²) in [5.41, 5.74) is -0.340. The van der Waals surface area contributed by atoms with Crippen LogP contribution in [0.15, 0.2) is 0 Å². The maximum Gasteiger partial charge on any atom is 0.226 e. The summed E-state index contributed by atoms with van der Waals surface area (Å²) in [6, 6.07) is 0.533. The summed E-state index contributed by atoms with van der Waals surface area (Å²) < 4.78 is 5.35. The second-order valence-electron chi connectivity index (χ2n) is 5.55. The van der Waals surface area contributed by atoms with Crippen molar-refractivity contribution in [1.82, 2.24) is 10.6 Å². The highest BCUT2D eigenvalue weighted by Gasteiger charge is 2.28. The fourth-order valence-electron chi connectivity index (χ4n) is 2.32. The Morgan fingerprint density at radius 3 is 2.35 bits per heavy atom. The third-order valence-corrected chi connectivity index (χ3v) is 3.68. The summed E-state index contributed by atoms with van der Waals surface area (Å²) in [6.45, 7) is 4.67. The molecule has 0 unspecified atom stereocenters. The van der Waals surface area contributed by atoms with E-state index >= 15 is 0 Å². The molecule has 1 rings (SSSR count). The second-order valence-corrected chi connectivity index (χ2v) is 5.55. The van der Waals surface area contributed by atoms with Gasteiger partial charge in [-0.25, -0.2) is 0 Å². The number of ether oxygens (including phenoxy) is 1. The van der Waals surface area contributed by atoms with Crippen molar-refractivity contribution in [2.45, 2.75) is 51.7 Å². The number of carbonyl (C=O) groups is 1. The molecule has 1 fully saturated rings. The first-order valence-corrected chi connectivity index (χ1v) is 6.48. The van der Waals surface area contributed by atoms with E-state index in [1.807, 2.05) is 13.8 Å². The molecule has 0 aliphatic heterocycles. The van der Waals surface area contributed by atoms with Crippen LogP contribution in [0.5, 0.6) is 0 Å². The summed E-state index contributed by atoms with van der Waals surface area (Å²) in [6.07, 6.45) is 4.95. The third-order valence-electron chi connectivity index (χ3n) is 3.68. The minimum absolute atomic E-state index is 0.0931. The average Bonchev–Trinajstić information content (AvgIpc) is 2.36. The van der Waals surface area contributed by atoms with Crippen molar-refractivity contribution < 1.29 is 9.53 Å². The summed E-state index contributed by atoms with van der Waals surface area (Å²) >= 11 is 0. The summed E-state index contributed by atoms with van der Waals surface area (Å²) in [4.78, 5) is 11.6. The van der Waals surface area contributed by atoms with Gasteiger partial charge in [0.15, 0.2) is 0 Å². The fourth-order valence-corrected chi connectivity index (χ4v) is 2.32. The van der Waals surface area contributed by atoms with Gasteiger partial charge in [0.05, 0.1) is 11.5 Å². The van der Waals surface area contributed by atoms with Crippen LogP contribution in [0.25, 0.3) is 0 Å². The SMILES string of the molecule is CNC(=O)C(C)(C)CNC1CCC(OC)CC1. The molecule has 0 aromatic carbocycles. The molecule has 0 aromatic heterocycles. The molecule has 4 heteroatoms. The lowest BCUT2D eigenvalue weighted by Gasteiger charge is -2.31. The number of carbonyl (C=O) groups excluding carboxylic acids is 1. The highest BCUT2D eigenvalue weighted by atomic mass is 16.5. The van der Waals surface area contributed by atoms with Crippen molar-refractivity contribution in [3.63, 3.8) is 0 Å².